The highest BCUT2D eigenvalue weighted by Crippen LogP contribution is 2.30. The van der Waals surface area contributed by atoms with E-state index in [2.05, 4.69) is 19.9 Å². The van der Waals surface area contributed by atoms with Gasteiger partial charge in [0, 0.05) is 0 Å². The third-order valence-corrected chi connectivity index (χ3v) is 2.24. The van der Waals surface area contributed by atoms with Crippen molar-refractivity contribution in [3.63, 3.8) is 0 Å². The van der Waals surface area contributed by atoms with Gasteiger partial charge in [0.2, 0.25) is 0 Å². The van der Waals surface area contributed by atoms with Crippen LogP contribution >= 0.6 is 0 Å². The molecule has 0 N–H and O–H groups in total. The Bertz CT molecular complexity index is 525. The fourth-order valence-electron chi connectivity index (χ4n) is 1.40. The van der Waals surface area contributed by atoms with Crippen LogP contribution in [-0.2, 0) is 0 Å². The van der Waals surface area contributed by atoms with E-state index in [1.807, 2.05) is 25.1 Å². The highest BCUT2D eigenvalue weighted by Gasteiger charge is 2.03. The molecule has 0 saturated heterocycles. The molecular weight excluding hydrogens is 216 g/mol. The molecular formula is C12H12N4O. The van der Waals surface area contributed by atoms with Gasteiger partial charge in [0.15, 0.2) is 5.82 Å². The van der Waals surface area contributed by atoms with Crippen LogP contribution in [0.4, 0.5) is 5.69 Å². The van der Waals surface area contributed by atoms with Gasteiger partial charge in [-0.05, 0) is 18.6 Å². The number of aliphatic imine (C=N–C) groups is 1. The Morgan fingerprint density at radius 1 is 1.24 bits per heavy atom. The number of ether oxygens (including phenoxy) is 1. The molecule has 0 fully saturated rings. The van der Waals surface area contributed by atoms with Crippen molar-refractivity contribution >= 4 is 11.9 Å². The van der Waals surface area contributed by atoms with E-state index in [4.69, 9.17) is 4.74 Å². The summed E-state index contributed by atoms with van der Waals surface area (Å²) < 4.78 is 5.25. The molecule has 0 aliphatic rings. The number of nitrogens with zero attached hydrogens (tertiary/aromatic N) is 4. The molecule has 0 aliphatic heterocycles. The second-order valence-corrected chi connectivity index (χ2v) is 3.38. The number of hydrogen-bond acceptors (Lipinski definition) is 5. The first-order valence-corrected chi connectivity index (χ1v) is 5.11. The van der Waals surface area contributed by atoms with E-state index in [1.54, 1.807) is 13.3 Å². The molecule has 0 saturated carbocycles. The third-order valence-electron chi connectivity index (χ3n) is 2.24. The van der Waals surface area contributed by atoms with E-state index in [0.717, 1.165) is 17.0 Å². The van der Waals surface area contributed by atoms with Gasteiger partial charge in [-0.3, -0.25) is 0 Å². The summed E-state index contributed by atoms with van der Waals surface area (Å²) in [4.78, 5) is 16.0. The monoisotopic (exact) mass is 228 g/mol. The molecule has 0 bridgehead atoms. The average Bonchev–Trinajstić information content (AvgIpc) is 2.38. The van der Waals surface area contributed by atoms with E-state index >= 15 is 0 Å². The predicted octanol–water partition coefficient (Wildman–Crippen LogP) is 1.94. The van der Waals surface area contributed by atoms with Gasteiger partial charge in [0.1, 0.15) is 24.1 Å². The third kappa shape index (κ3) is 2.63. The molecule has 1 aromatic heterocycles. The van der Waals surface area contributed by atoms with E-state index in [9.17, 15) is 0 Å². The molecule has 0 amide bonds. The van der Waals surface area contributed by atoms with Gasteiger partial charge in [-0.1, -0.05) is 12.1 Å². The van der Waals surface area contributed by atoms with Crippen LogP contribution in [0.15, 0.2) is 35.8 Å². The van der Waals surface area contributed by atoms with E-state index in [1.165, 1.54) is 12.7 Å². The molecule has 1 heterocycles. The summed E-state index contributed by atoms with van der Waals surface area (Å²) in [6.45, 7) is 1.97. The summed E-state index contributed by atoms with van der Waals surface area (Å²) in [5.41, 5.74) is 1.82. The van der Waals surface area contributed by atoms with E-state index in [0.29, 0.717) is 5.82 Å². The van der Waals surface area contributed by atoms with Crippen LogP contribution in [0.25, 0.3) is 0 Å². The lowest BCUT2D eigenvalue weighted by atomic mass is 10.2. The van der Waals surface area contributed by atoms with Crippen molar-refractivity contribution in [3.05, 3.63) is 42.2 Å². The Morgan fingerprint density at radius 3 is 2.71 bits per heavy atom. The maximum absolute atomic E-state index is 5.25. The molecule has 1 aromatic carbocycles. The summed E-state index contributed by atoms with van der Waals surface area (Å²) in [5.74, 6) is 1.25. The molecule has 5 heteroatoms. The Labute approximate surface area is 99.3 Å². The minimum absolute atomic E-state index is 0.519. The zero-order valence-corrected chi connectivity index (χ0v) is 9.66. The van der Waals surface area contributed by atoms with Crippen LogP contribution in [0.2, 0.25) is 0 Å². The normalized spacial score (nSPS) is 10.7. The van der Waals surface area contributed by atoms with Gasteiger partial charge >= 0.3 is 0 Å². The van der Waals surface area contributed by atoms with Gasteiger partial charge in [0.25, 0.3) is 0 Å². The lowest BCUT2D eigenvalue weighted by molar-refractivity contribution is 0.416. The largest absolute Gasteiger partial charge is 0.494 e. The number of aryl methyl sites for hydroxylation is 1. The number of aromatic nitrogens is 3. The van der Waals surface area contributed by atoms with Crippen molar-refractivity contribution < 1.29 is 4.74 Å². The number of para-hydroxylation sites is 1. The topological polar surface area (TPSA) is 60.3 Å². The number of methoxy groups -OCH3 is 1. The molecule has 17 heavy (non-hydrogen) atoms. The van der Waals surface area contributed by atoms with Crippen molar-refractivity contribution in [3.8, 4) is 5.75 Å². The van der Waals surface area contributed by atoms with Crippen molar-refractivity contribution in [2.75, 3.05) is 7.11 Å². The van der Waals surface area contributed by atoms with Gasteiger partial charge in [-0.2, -0.15) is 0 Å². The fourth-order valence-corrected chi connectivity index (χ4v) is 1.40. The first kappa shape index (κ1) is 11.2. The standard InChI is InChI=1S/C12H12N4O/c1-9-4-3-5-10(17-2)12(9)14-6-11-15-7-13-8-16-11/h3-8H,1-2H3. The highest BCUT2D eigenvalue weighted by molar-refractivity contribution is 5.79. The van der Waals surface area contributed by atoms with Crippen LogP contribution in [0.3, 0.4) is 0 Å². The maximum atomic E-state index is 5.25. The maximum Gasteiger partial charge on any atom is 0.173 e. The smallest absolute Gasteiger partial charge is 0.173 e. The summed E-state index contributed by atoms with van der Waals surface area (Å²) >= 11 is 0. The van der Waals surface area contributed by atoms with Crippen LogP contribution in [0.1, 0.15) is 11.4 Å². The summed E-state index contributed by atoms with van der Waals surface area (Å²) in [6, 6.07) is 5.77. The molecule has 0 spiro atoms. The van der Waals surface area contributed by atoms with Crippen LogP contribution in [0, 0.1) is 6.92 Å². The Morgan fingerprint density at radius 2 is 2.00 bits per heavy atom. The van der Waals surface area contributed by atoms with E-state index in [-0.39, 0.29) is 0 Å². The molecule has 0 atom stereocenters. The number of hydrogen-bond donors (Lipinski definition) is 0. The Hall–Kier alpha value is -2.30. The van der Waals surface area contributed by atoms with Crippen molar-refractivity contribution in [2.45, 2.75) is 6.92 Å². The quantitative estimate of drug-likeness (QED) is 0.753. The highest BCUT2D eigenvalue weighted by atomic mass is 16.5. The molecule has 0 radical (unpaired) electrons. The Balaban J connectivity index is 2.33. The summed E-state index contributed by atoms with van der Waals surface area (Å²) in [6.07, 6.45) is 4.46. The van der Waals surface area contributed by atoms with Gasteiger partial charge < -0.3 is 4.74 Å². The fraction of sp³-hybridized carbons (Fsp3) is 0.167. The lowest BCUT2D eigenvalue weighted by Gasteiger charge is -2.06. The summed E-state index contributed by atoms with van der Waals surface area (Å²) in [5, 5.41) is 0. The molecule has 0 unspecified atom stereocenters. The van der Waals surface area contributed by atoms with Crippen molar-refractivity contribution in [2.24, 2.45) is 4.99 Å². The van der Waals surface area contributed by atoms with Gasteiger partial charge in [-0.15, -0.1) is 0 Å². The minimum Gasteiger partial charge on any atom is -0.494 e. The molecule has 2 rings (SSSR count). The minimum atomic E-state index is 0.519. The van der Waals surface area contributed by atoms with Gasteiger partial charge in [0.05, 0.1) is 13.3 Å². The van der Waals surface area contributed by atoms with Gasteiger partial charge in [-0.25, -0.2) is 19.9 Å². The van der Waals surface area contributed by atoms with Crippen molar-refractivity contribution in [1.29, 1.82) is 0 Å². The SMILES string of the molecule is COc1cccc(C)c1N=Cc1ncncn1. The zero-order valence-electron chi connectivity index (χ0n) is 9.66. The van der Waals surface area contributed by atoms with Crippen LogP contribution in [-0.4, -0.2) is 28.3 Å². The molecule has 2 aromatic rings. The van der Waals surface area contributed by atoms with Crippen molar-refractivity contribution in [1.82, 2.24) is 15.0 Å². The van der Waals surface area contributed by atoms with Crippen LogP contribution in [0.5, 0.6) is 5.75 Å². The Kier molecular flexibility index (Phi) is 3.40. The average molecular weight is 228 g/mol. The second kappa shape index (κ2) is 5.16. The predicted molar refractivity (Wildman–Crippen MR) is 64.8 cm³/mol. The second-order valence-electron chi connectivity index (χ2n) is 3.38. The molecule has 0 aliphatic carbocycles. The van der Waals surface area contributed by atoms with Crippen LogP contribution < -0.4 is 4.74 Å². The number of rotatable bonds is 3. The molecule has 86 valence electrons. The molecule has 5 nitrogen and oxygen atoms in total. The van der Waals surface area contributed by atoms with E-state index < -0.39 is 0 Å². The zero-order chi connectivity index (χ0) is 12.1. The number of benzene rings is 1. The first-order valence-electron chi connectivity index (χ1n) is 5.11. The summed E-state index contributed by atoms with van der Waals surface area (Å²) in [7, 11) is 1.62. The lowest BCUT2D eigenvalue weighted by Crippen LogP contribution is -1.93. The first-order chi connectivity index (χ1) is 8.31.